The number of rotatable bonds is 8. The highest BCUT2D eigenvalue weighted by Crippen LogP contribution is 2.23. The molecule has 0 radical (unpaired) electrons. The molecule has 1 aromatic heterocycles. The Balaban J connectivity index is 1.75. The Labute approximate surface area is 172 Å². The molecule has 0 bridgehead atoms. The summed E-state index contributed by atoms with van der Waals surface area (Å²) < 4.78 is 7.50. The number of carbonyl (C=O) groups is 1. The minimum Gasteiger partial charge on any atom is -0.495 e. The summed E-state index contributed by atoms with van der Waals surface area (Å²) in [6.45, 7) is 7.57. The lowest BCUT2D eigenvalue weighted by atomic mass is 10.1. The lowest BCUT2D eigenvalue weighted by Gasteiger charge is -2.23. The standard InChI is InChI=1S/C24H27N3O2/c1-4-14-27(24(28)25-22-12-5-6-13-23(22)29-3)18-21-11-8-15-26(21)17-20-10-7-9-19(2)16-20/h4-13,15-16H,1,14,17-18H2,2-3H3,(H,25,28). The number of aromatic nitrogens is 1. The Kier molecular flexibility index (Phi) is 6.74. The van der Waals surface area contributed by atoms with Crippen LogP contribution in [-0.4, -0.2) is 29.2 Å². The summed E-state index contributed by atoms with van der Waals surface area (Å²) in [7, 11) is 1.59. The van der Waals surface area contributed by atoms with E-state index < -0.39 is 0 Å². The van der Waals surface area contributed by atoms with Gasteiger partial charge in [0.05, 0.1) is 19.3 Å². The van der Waals surface area contributed by atoms with Crippen LogP contribution in [0.5, 0.6) is 5.75 Å². The number of aryl methyl sites for hydroxylation is 1. The Bertz CT molecular complexity index is 978. The number of methoxy groups -OCH3 is 1. The molecule has 2 aromatic carbocycles. The van der Waals surface area contributed by atoms with Crippen molar-refractivity contribution < 1.29 is 9.53 Å². The van der Waals surface area contributed by atoms with Gasteiger partial charge in [0, 0.05) is 25.0 Å². The summed E-state index contributed by atoms with van der Waals surface area (Å²) in [5.41, 5.74) is 4.17. The van der Waals surface area contributed by atoms with E-state index in [-0.39, 0.29) is 6.03 Å². The Hall–Kier alpha value is -3.47. The van der Waals surface area contributed by atoms with E-state index in [2.05, 4.69) is 47.7 Å². The largest absolute Gasteiger partial charge is 0.495 e. The number of para-hydroxylation sites is 2. The molecular weight excluding hydrogens is 362 g/mol. The second kappa shape index (κ2) is 9.64. The molecule has 150 valence electrons. The van der Waals surface area contributed by atoms with Gasteiger partial charge in [-0.25, -0.2) is 4.79 Å². The minimum atomic E-state index is -0.197. The van der Waals surface area contributed by atoms with E-state index in [1.54, 1.807) is 18.1 Å². The van der Waals surface area contributed by atoms with Crippen molar-refractivity contribution in [1.29, 1.82) is 0 Å². The van der Waals surface area contributed by atoms with E-state index in [0.29, 0.717) is 24.5 Å². The van der Waals surface area contributed by atoms with Gasteiger partial charge in [-0.15, -0.1) is 6.58 Å². The molecule has 5 heteroatoms. The lowest BCUT2D eigenvalue weighted by molar-refractivity contribution is 0.213. The van der Waals surface area contributed by atoms with Crippen LogP contribution in [0.2, 0.25) is 0 Å². The number of hydrogen-bond donors (Lipinski definition) is 1. The second-order valence-electron chi connectivity index (χ2n) is 6.92. The molecule has 5 nitrogen and oxygen atoms in total. The van der Waals surface area contributed by atoms with Gasteiger partial charge in [-0.2, -0.15) is 0 Å². The number of nitrogens with one attached hydrogen (secondary N) is 1. The molecule has 0 saturated carbocycles. The monoisotopic (exact) mass is 389 g/mol. The summed E-state index contributed by atoms with van der Waals surface area (Å²) in [5.74, 6) is 0.627. The summed E-state index contributed by atoms with van der Waals surface area (Å²) >= 11 is 0. The van der Waals surface area contributed by atoms with Crippen molar-refractivity contribution in [2.24, 2.45) is 0 Å². The fourth-order valence-electron chi connectivity index (χ4n) is 3.27. The SMILES string of the molecule is C=CCN(Cc1cccn1Cc1cccc(C)c1)C(=O)Nc1ccccc1OC. The topological polar surface area (TPSA) is 46.5 Å². The molecule has 0 aliphatic carbocycles. The van der Waals surface area contributed by atoms with Crippen molar-refractivity contribution in [3.8, 4) is 5.75 Å². The normalized spacial score (nSPS) is 10.4. The number of anilines is 1. The first kappa shape index (κ1) is 20.3. The van der Waals surface area contributed by atoms with Gasteiger partial charge < -0.3 is 19.5 Å². The van der Waals surface area contributed by atoms with Gasteiger partial charge in [-0.05, 0) is 36.8 Å². The third kappa shape index (κ3) is 5.29. The zero-order chi connectivity index (χ0) is 20.6. The lowest BCUT2D eigenvalue weighted by Crippen LogP contribution is -2.35. The molecule has 0 aliphatic rings. The molecule has 3 aromatic rings. The quantitative estimate of drug-likeness (QED) is 0.547. The van der Waals surface area contributed by atoms with Crippen LogP contribution in [0.4, 0.5) is 10.5 Å². The van der Waals surface area contributed by atoms with E-state index in [9.17, 15) is 4.79 Å². The van der Waals surface area contributed by atoms with Gasteiger partial charge >= 0.3 is 6.03 Å². The molecule has 1 N–H and O–H groups in total. The van der Waals surface area contributed by atoms with E-state index in [1.807, 2.05) is 42.6 Å². The van der Waals surface area contributed by atoms with Crippen molar-refractivity contribution in [3.05, 3.63) is 96.3 Å². The molecule has 0 saturated heterocycles. The van der Waals surface area contributed by atoms with E-state index >= 15 is 0 Å². The highest BCUT2D eigenvalue weighted by Gasteiger charge is 2.16. The fourth-order valence-corrected chi connectivity index (χ4v) is 3.27. The van der Waals surface area contributed by atoms with Gasteiger partial charge in [-0.1, -0.05) is 48.0 Å². The van der Waals surface area contributed by atoms with Crippen molar-refractivity contribution >= 4 is 11.7 Å². The molecule has 1 heterocycles. The third-order valence-corrected chi connectivity index (χ3v) is 4.70. The van der Waals surface area contributed by atoms with Crippen LogP contribution < -0.4 is 10.1 Å². The highest BCUT2D eigenvalue weighted by molar-refractivity contribution is 5.91. The van der Waals surface area contributed by atoms with Gasteiger partial charge in [0.25, 0.3) is 0 Å². The first-order valence-electron chi connectivity index (χ1n) is 9.60. The average molecular weight is 389 g/mol. The average Bonchev–Trinajstić information content (AvgIpc) is 3.14. The van der Waals surface area contributed by atoms with Crippen LogP contribution >= 0.6 is 0 Å². The molecule has 0 spiro atoms. The molecular formula is C24H27N3O2. The van der Waals surface area contributed by atoms with Gasteiger partial charge in [-0.3, -0.25) is 0 Å². The molecule has 3 rings (SSSR count). The molecule has 29 heavy (non-hydrogen) atoms. The molecule has 0 aliphatic heterocycles. The van der Waals surface area contributed by atoms with Crippen molar-refractivity contribution in [2.75, 3.05) is 19.0 Å². The summed E-state index contributed by atoms with van der Waals surface area (Å²) in [4.78, 5) is 14.6. The highest BCUT2D eigenvalue weighted by atomic mass is 16.5. The summed E-state index contributed by atoms with van der Waals surface area (Å²) in [6, 6.07) is 19.7. The van der Waals surface area contributed by atoms with E-state index in [1.165, 1.54) is 11.1 Å². The second-order valence-corrected chi connectivity index (χ2v) is 6.92. The van der Waals surface area contributed by atoms with Crippen LogP contribution in [0.15, 0.2) is 79.5 Å². The van der Waals surface area contributed by atoms with Crippen LogP contribution in [0.25, 0.3) is 0 Å². The Morgan fingerprint density at radius 1 is 1.17 bits per heavy atom. The third-order valence-electron chi connectivity index (χ3n) is 4.70. The maximum atomic E-state index is 12.9. The number of amides is 2. The predicted octanol–water partition coefficient (Wildman–Crippen LogP) is 5.07. The van der Waals surface area contributed by atoms with Gasteiger partial charge in [0.2, 0.25) is 0 Å². The number of ether oxygens (including phenoxy) is 1. The summed E-state index contributed by atoms with van der Waals surface area (Å²) in [5, 5.41) is 2.94. The first-order chi connectivity index (χ1) is 14.1. The van der Waals surface area contributed by atoms with Crippen LogP contribution in [0.3, 0.4) is 0 Å². The first-order valence-corrected chi connectivity index (χ1v) is 9.60. The smallest absolute Gasteiger partial charge is 0.322 e. The van der Waals surface area contributed by atoms with Crippen LogP contribution in [-0.2, 0) is 13.1 Å². The maximum absolute atomic E-state index is 12.9. The van der Waals surface area contributed by atoms with Crippen LogP contribution in [0.1, 0.15) is 16.8 Å². The Morgan fingerprint density at radius 2 is 2.00 bits per heavy atom. The van der Waals surface area contributed by atoms with Crippen LogP contribution in [0, 0.1) is 6.92 Å². The van der Waals surface area contributed by atoms with E-state index in [0.717, 1.165) is 12.2 Å². The maximum Gasteiger partial charge on any atom is 0.322 e. The molecule has 0 unspecified atom stereocenters. The number of nitrogens with zero attached hydrogens (tertiary/aromatic N) is 2. The number of urea groups is 1. The molecule has 2 amide bonds. The van der Waals surface area contributed by atoms with Crippen molar-refractivity contribution in [2.45, 2.75) is 20.0 Å². The zero-order valence-corrected chi connectivity index (χ0v) is 17.0. The van der Waals surface area contributed by atoms with Gasteiger partial charge in [0.15, 0.2) is 0 Å². The van der Waals surface area contributed by atoms with Crippen molar-refractivity contribution in [3.63, 3.8) is 0 Å². The molecule has 0 atom stereocenters. The minimum absolute atomic E-state index is 0.197. The van der Waals surface area contributed by atoms with E-state index in [4.69, 9.17) is 4.74 Å². The molecule has 0 fully saturated rings. The van der Waals surface area contributed by atoms with Crippen molar-refractivity contribution in [1.82, 2.24) is 9.47 Å². The number of benzene rings is 2. The van der Waals surface area contributed by atoms with Gasteiger partial charge in [0.1, 0.15) is 5.75 Å². The predicted molar refractivity (Wildman–Crippen MR) is 117 cm³/mol. The fraction of sp³-hybridized carbons (Fsp3) is 0.208. The zero-order valence-electron chi connectivity index (χ0n) is 17.0. The number of hydrogen-bond acceptors (Lipinski definition) is 2. The summed E-state index contributed by atoms with van der Waals surface area (Å²) in [6.07, 6.45) is 3.78. The Morgan fingerprint density at radius 3 is 2.76 bits per heavy atom. The number of carbonyl (C=O) groups excluding carboxylic acids is 1.